The van der Waals surface area contributed by atoms with Gasteiger partial charge in [0, 0.05) is 37.8 Å². The molecule has 0 aliphatic carbocycles. The molecule has 24 heavy (non-hydrogen) atoms. The minimum Gasteiger partial charge on any atom is -0.490 e. The van der Waals surface area contributed by atoms with Crippen LogP contribution in [-0.4, -0.2) is 32.3 Å². The highest BCUT2D eigenvalue weighted by atomic mass is 16.5. The summed E-state index contributed by atoms with van der Waals surface area (Å²) in [6.45, 7) is 4.52. The van der Waals surface area contributed by atoms with Gasteiger partial charge in [-0.3, -0.25) is 0 Å². The molecule has 1 N–H and O–H groups in total. The van der Waals surface area contributed by atoms with Gasteiger partial charge in [0.2, 0.25) is 0 Å². The number of nitrogens with zero attached hydrogens (tertiary/aromatic N) is 1. The summed E-state index contributed by atoms with van der Waals surface area (Å²) in [4.78, 5) is 2.45. The van der Waals surface area contributed by atoms with Gasteiger partial charge in [0.05, 0.1) is 13.2 Å². The molecule has 2 heterocycles. The maximum absolute atomic E-state index is 5.77. The van der Waals surface area contributed by atoms with Crippen molar-refractivity contribution in [2.75, 3.05) is 31.2 Å². The fraction of sp³-hybridized carbons (Fsp3) is 0.400. The Balaban J connectivity index is 1.34. The van der Waals surface area contributed by atoms with E-state index in [1.54, 1.807) is 0 Å². The first-order chi connectivity index (χ1) is 11.9. The smallest absolute Gasteiger partial charge is 0.161 e. The minimum atomic E-state index is 0.529. The highest BCUT2D eigenvalue weighted by molar-refractivity contribution is 5.47. The Morgan fingerprint density at radius 3 is 2.71 bits per heavy atom. The number of nitrogens with one attached hydrogen (secondary N) is 1. The predicted octanol–water partition coefficient (Wildman–Crippen LogP) is 3.22. The Morgan fingerprint density at radius 2 is 1.83 bits per heavy atom. The van der Waals surface area contributed by atoms with Crippen molar-refractivity contribution < 1.29 is 9.47 Å². The zero-order chi connectivity index (χ0) is 16.2. The van der Waals surface area contributed by atoms with Gasteiger partial charge in [0.25, 0.3) is 0 Å². The molecule has 2 aliphatic heterocycles. The SMILES string of the molecule is c1ccc(N2CCC(NCc3ccc4c(c3)OCCCO4)C2)cc1. The second-order valence-electron chi connectivity index (χ2n) is 6.48. The van der Waals surface area contributed by atoms with Gasteiger partial charge in [-0.15, -0.1) is 0 Å². The van der Waals surface area contributed by atoms with Gasteiger partial charge in [-0.2, -0.15) is 0 Å². The molecule has 4 rings (SSSR count). The summed E-state index contributed by atoms with van der Waals surface area (Å²) < 4.78 is 11.5. The van der Waals surface area contributed by atoms with E-state index in [0.29, 0.717) is 6.04 Å². The van der Waals surface area contributed by atoms with Crippen molar-refractivity contribution in [3.63, 3.8) is 0 Å². The summed E-state index contributed by atoms with van der Waals surface area (Å²) in [5, 5.41) is 3.68. The summed E-state index contributed by atoms with van der Waals surface area (Å²) in [5.74, 6) is 1.75. The van der Waals surface area contributed by atoms with Crippen LogP contribution in [0.2, 0.25) is 0 Å². The van der Waals surface area contributed by atoms with E-state index < -0.39 is 0 Å². The van der Waals surface area contributed by atoms with Crippen LogP contribution in [0.5, 0.6) is 11.5 Å². The van der Waals surface area contributed by atoms with Gasteiger partial charge in [0.1, 0.15) is 0 Å². The summed E-state index contributed by atoms with van der Waals surface area (Å²) in [5.41, 5.74) is 2.56. The van der Waals surface area contributed by atoms with Crippen LogP contribution in [0, 0.1) is 0 Å². The molecule has 1 unspecified atom stereocenters. The van der Waals surface area contributed by atoms with E-state index in [1.165, 1.54) is 17.7 Å². The molecule has 4 heteroatoms. The van der Waals surface area contributed by atoms with Crippen LogP contribution in [0.15, 0.2) is 48.5 Å². The van der Waals surface area contributed by atoms with Gasteiger partial charge in [-0.25, -0.2) is 0 Å². The molecule has 1 atom stereocenters. The van der Waals surface area contributed by atoms with E-state index in [0.717, 1.165) is 50.8 Å². The Hall–Kier alpha value is -2.20. The van der Waals surface area contributed by atoms with E-state index in [9.17, 15) is 0 Å². The lowest BCUT2D eigenvalue weighted by atomic mass is 10.1. The van der Waals surface area contributed by atoms with Crippen molar-refractivity contribution in [3.8, 4) is 11.5 Å². The van der Waals surface area contributed by atoms with E-state index in [2.05, 4.69) is 52.7 Å². The fourth-order valence-corrected chi connectivity index (χ4v) is 3.38. The number of hydrogen-bond acceptors (Lipinski definition) is 4. The third-order valence-electron chi connectivity index (χ3n) is 4.72. The van der Waals surface area contributed by atoms with Crippen molar-refractivity contribution in [2.45, 2.75) is 25.4 Å². The zero-order valence-corrected chi connectivity index (χ0v) is 13.9. The summed E-state index contributed by atoms with van der Waals surface area (Å²) in [6, 6.07) is 17.4. The molecule has 1 fully saturated rings. The zero-order valence-electron chi connectivity index (χ0n) is 13.9. The minimum absolute atomic E-state index is 0.529. The van der Waals surface area contributed by atoms with Crippen LogP contribution in [0.1, 0.15) is 18.4 Å². The van der Waals surface area contributed by atoms with Crippen molar-refractivity contribution in [2.24, 2.45) is 0 Å². The van der Waals surface area contributed by atoms with Gasteiger partial charge in [0.15, 0.2) is 11.5 Å². The Kier molecular flexibility index (Phi) is 4.56. The first-order valence-electron chi connectivity index (χ1n) is 8.80. The Bertz CT molecular complexity index is 675. The molecule has 2 aliphatic rings. The summed E-state index contributed by atoms with van der Waals surface area (Å²) in [7, 11) is 0. The van der Waals surface area contributed by atoms with Crippen molar-refractivity contribution in [1.29, 1.82) is 0 Å². The van der Waals surface area contributed by atoms with E-state index in [4.69, 9.17) is 9.47 Å². The lowest BCUT2D eigenvalue weighted by Gasteiger charge is -2.19. The van der Waals surface area contributed by atoms with Crippen LogP contribution in [0.4, 0.5) is 5.69 Å². The molecular formula is C20H24N2O2. The molecule has 0 aromatic heterocycles. The topological polar surface area (TPSA) is 33.7 Å². The molecule has 126 valence electrons. The van der Waals surface area contributed by atoms with Crippen LogP contribution < -0.4 is 19.7 Å². The molecular weight excluding hydrogens is 300 g/mol. The van der Waals surface area contributed by atoms with Crippen LogP contribution >= 0.6 is 0 Å². The van der Waals surface area contributed by atoms with Crippen molar-refractivity contribution in [3.05, 3.63) is 54.1 Å². The summed E-state index contributed by atoms with van der Waals surface area (Å²) in [6.07, 6.45) is 2.12. The number of hydrogen-bond donors (Lipinski definition) is 1. The first-order valence-corrected chi connectivity index (χ1v) is 8.80. The number of benzene rings is 2. The van der Waals surface area contributed by atoms with Crippen LogP contribution in [-0.2, 0) is 6.54 Å². The number of rotatable bonds is 4. The number of para-hydroxylation sites is 1. The van der Waals surface area contributed by atoms with Gasteiger partial charge < -0.3 is 19.7 Å². The highest BCUT2D eigenvalue weighted by Gasteiger charge is 2.22. The molecule has 2 aromatic rings. The van der Waals surface area contributed by atoms with E-state index in [-0.39, 0.29) is 0 Å². The second-order valence-corrected chi connectivity index (χ2v) is 6.48. The normalized spacial score (nSPS) is 20.0. The molecule has 4 nitrogen and oxygen atoms in total. The van der Waals surface area contributed by atoms with E-state index in [1.807, 2.05) is 6.07 Å². The number of fused-ring (bicyclic) bond motifs is 1. The largest absolute Gasteiger partial charge is 0.490 e. The maximum atomic E-state index is 5.77. The first kappa shape index (κ1) is 15.3. The predicted molar refractivity (Wildman–Crippen MR) is 95.9 cm³/mol. The average Bonchev–Trinajstić information content (AvgIpc) is 2.98. The maximum Gasteiger partial charge on any atom is 0.161 e. The standard InChI is InChI=1S/C20H24N2O2/c1-2-5-18(6-3-1)22-10-9-17(15-22)21-14-16-7-8-19-20(13-16)24-12-4-11-23-19/h1-3,5-8,13,17,21H,4,9-12,14-15H2. The molecule has 0 spiro atoms. The average molecular weight is 324 g/mol. The molecule has 0 bridgehead atoms. The molecule has 2 aromatic carbocycles. The second kappa shape index (κ2) is 7.14. The van der Waals surface area contributed by atoms with E-state index >= 15 is 0 Å². The van der Waals surface area contributed by atoms with Crippen LogP contribution in [0.3, 0.4) is 0 Å². The molecule has 0 saturated carbocycles. The third-order valence-corrected chi connectivity index (χ3v) is 4.72. The Labute approximate surface area is 143 Å². The molecule has 0 amide bonds. The quantitative estimate of drug-likeness (QED) is 0.936. The van der Waals surface area contributed by atoms with Crippen molar-refractivity contribution >= 4 is 5.69 Å². The summed E-state index contributed by atoms with van der Waals surface area (Å²) >= 11 is 0. The number of ether oxygens (including phenoxy) is 2. The van der Waals surface area contributed by atoms with Crippen LogP contribution in [0.25, 0.3) is 0 Å². The number of anilines is 1. The Morgan fingerprint density at radius 1 is 1.00 bits per heavy atom. The fourth-order valence-electron chi connectivity index (χ4n) is 3.38. The molecule has 0 radical (unpaired) electrons. The lowest BCUT2D eigenvalue weighted by molar-refractivity contribution is 0.297. The van der Waals surface area contributed by atoms with Crippen molar-refractivity contribution in [1.82, 2.24) is 5.32 Å². The van der Waals surface area contributed by atoms with Gasteiger partial charge in [-0.1, -0.05) is 24.3 Å². The molecule has 1 saturated heterocycles. The van der Waals surface area contributed by atoms with Gasteiger partial charge >= 0.3 is 0 Å². The lowest BCUT2D eigenvalue weighted by Crippen LogP contribution is -2.32. The highest BCUT2D eigenvalue weighted by Crippen LogP contribution is 2.30. The monoisotopic (exact) mass is 324 g/mol. The van der Waals surface area contributed by atoms with Gasteiger partial charge in [-0.05, 0) is 36.2 Å². The third kappa shape index (κ3) is 3.49.